The number of carbonyl (C=O) groups is 2. The number of methoxy groups -OCH3 is 1. The molecule has 0 atom stereocenters. The number of halogens is 4. The SMILES string of the molecule is COc1cc(C(=O)N/N=C/c2cc(Cl)c(OCC(=O)Nc3ccc(Cl)c(Cl)c3)c(Cl)c2)ccc1OCc1ccccc1. The molecule has 0 aromatic heterocycles. The van der Waals surface area contributed by atoms with E-state index in [0.717, 1.165) is 5.56 Å². The average Bonchev–Trinajstić information content (AvgIpc) is 2.98. The molecular weight excluding hydrogens is 624 g/mol. The number of amides is 2. The number of benzene rings is 4. The van der Waals surface area contributed by atoms with Crippen molar-refractivity contribution >= 4 is 70.1 Å². The Bertz CT molecular complexity index is 1590. The summed E-state index contributed by atoms with van der Waals surface area (Å²) in [4.78, 5) is 24.9. The molecule has 12 heteroatoms. The summed E-state index contributed by atoms with van der Waals surface area (Å²) >= 11 is 24.5. The molecule has 0 aliphatic heterocycles. The minimum Gasteiger partial charge on any atom is -0.493 e. The minimum absolute atomic E-state index is 0.116. The van der Waals surface area contributed by atoms with Crippen molar-refractivity contribution in [1.82, 2.24) is 5.43 Å². The van der Waals surface area contributed by atoms with Crippen LogP contribution in [0.5, 0.6) is 17.2 Å². The molecule has 2 N–H and O–H groups in total. The highest BCUT2D eigenvalue weighted by atomic mass is 35.5. The first-order valence-corrected chi connectivity index (χ1v) is 13.8. The molecule has 216 valence electrons. The number of rotatable bonds is 11. The summed E-state index contributed by atoms with van der Waals surface area (Å²) < 4.78 is 16.7. The highest BCUT2D eigenvalue weighted by molar-refractivity contribution is 6.42. The molecule has 4 aromatic carbocycles. The molecule has 0 saturated carbocycles. The molecular formula is C30H23Cl4N3O5. The van der Waals surface area contributed by atoms with Crippen molar-refractivity contribution in [3.8, 4) is 17.2 Å². The smallest absolute Gasteiger partial charge is 0.271 e. The second-order valence-electron chi connectivity index (χ2n) is 8.62. The van der Waals surface area contributed by atoms with Gasteiger partial charge in [-0.3, -0.25) is 9.59 Å². The van der Waals surface area contributed by atoms with Crippen molar-refractivity contribution in [1.29, 1.82) is 0 Å². The zero-order valence-corrected chi connectivity index (χ0v) is 25.0. The van der Waals surface area contributed by atoms with Gasteiger partial charge in [0.1, 0.15) is 6.61 Å². The van der Waals surface area contributed by atoms with Gasteiger partial charge in [-0.2, -0.15) is 5.10 Å². The molecule has 0 spiro atoms. The van der Waals surface area contributed by atoms with Gasteiger partial charge in [0.25, 0.3) is 11.8 Å². The lowest BCUT2D eigenvalue weighted by Crippen LogP contribution is -2.20. The standard InChI is InChI=1S/C30H23Cl4N3O5/c1-40-27-13-20(7-10-26(27)41-16-18-5-3-2-4-6-18)30(39)37-35-15-19-11-24(33)29(25(34)12-19)42-17-28(38)36-21-8-9-22(31)23(32)14-21/h2-15H,16-17H2,1H3,(H,36,38)(H,37,39)/b35-15+. The van der Waals surface area contributed by atoms with Gasteiger partial charge in [-0.25, -0.2) is 5.43 Å². The number of ether oxygens (including phenoxy) is 3. The van der Waals surface area contributed by atoms with Crippen molar-refractivity contribution in [2.24, 2.45) is 5.10 Å². The highest BCUT2D eigenvalue weighted by Crippen LogP contribution is 2.34. The Morgan fingerprint density at radius 3 is 2.24 bits per heavy atom. The van der Waals surface area contributed by atoms with E-state index in [4.69, 9.17) is 60.6 Å². The summed E-state index contributed by atoms with van der Waals surface area (Å²) in [5.74, 6) is 0.0956. The molecule has 4 aromatic rings. The van der Waals surface area contributed by atoms with Crippen LogP contribution in [0.25, 0.3) is 0 Å². The van der Waals surface area contributed by atoms with E-state index in [1.165, 1.54) is 31.5 Å². The molecule has 0 aliphatic rings. The Balaban J connectivity index is 1.32. The van der Waals surface area contributed by atoms with Crippen LogP contribution in [0, 0.1) is 0 Å². The molecule has 8 nitrogen and oxygen atoms in total. The summed E-state index contributed by atoms with van der Waals surface area (Å²) in [6.07, 6.45) is 1.37. The largest absolute Gasteiger partial charge is 0.493 e. The Morgan fingerprint density at radius 2 is 1.55 bits per heavy atom. The number of hydrazone groups is 1. The third kappa shape index (κ3) is 8.53. The number of carbonyl (C=O) groups excluding carboxylic acids is 2. The van der Waals surface area contributed by atoms with Gasteiger partial charge in [0.05, 0.1) is 33.4 Å². The molecule has 0 radical (unpaired) electrons. The zero-order chi connectivity index (χ0) is 30.1. The maximum atomic E-state index is 12.7. The fraction of sp³-hybridized carbons (Fsp3) is 0.100. The van der Waals surface area contributed by atoms with Gasteiger partial charge in [-0.05, 0) is 59.7 Å². The molecule has 0 unspecified atom stereocenters. The summed E-state index contributed by atoms with van der Waals surface area (Å²) in [6.45, 7) is -0.00333. The zero-order valence-electron chi connectivity index (χ0n) is 22.0. The molecule has 0 heterocycles. The van der Waals surface area contributed by atoms with Gasteiger partial charge in [-0.1, -0.05) is 76.7 Å². The Kier molecular flexibility index (Phi) is 10.9. The van der Waals surface area contributed by atoms with Crippen LogP contribution < -0.4 is 25.0 Å². The maximum Gasteiger partial charge on any atom is 0.271 e. The quantitative estimate of drug-likeness (QED) is 0.129. The second-order valence-corrected chi connectivity index (χ2v) is 10.2. The van der Waals surface area contributed by atoms with Gasteiger partial charge in [0.2, 0.25) is 0 Å². The number of nitrogens with one attached hydrogen (secondary N) is 2. The molecule has 2 amide bonds. The van der Waals surface area contributed by atoms with E-state index in [-0.39, 0.29) is 22.4 Å². The van der Waals surface area contributed by atoms with Crippen molar-refractivity contribution in [2.75, 3.05) is 19.0 Å². The normalized spacial score (nSPS) is 10.8. The number of hydrogen-bond acceptors (Lipinski definition) is 6. The van der Waals surface area contributed by atoms with Crippen molar-refractivity contribution in [2.45, 2.75) is 6.61 Å². The van der Waals surface area contributed by atoms with Crippen LogP contribution in [0.4, 0.5) is 5.69 Å². The topological polar surface area (TPSA) is 98.3 Å². The Morgan fingerprint density at radius 1 is 0.810 bits per heavy atom. The predicted molar refractivity (Wildman–Crippen MR) is 166 cm³/mol. The van der Waals surface area contributed by atoms with E-state index in [0.29, 0.717) is 45.0 Å². The van der Waals surface area contributed by atoms with E-state index in [9.17, 15) is 9.59 Å². The van der Waals surface area contributed by atoms with Gasteiger partial charge < -0.3 is 19.5 Å². The lowest BCUT2D eigenvalue weighted by Gasteiger charge is -2.12. The fourth-order valence-electron chi connectivity index (χ4n) is 3.59. The van der Waals surface area contributed by atoms with Crippen molar-refractivity contribution in [3.63, 3.8) is 0 Å². The molecule has 0 aliphatic carbocycles. The van der Waals surface area contributed by atoms with Crippen LogP contribution in [0.3, 0.4) is 0 Å². The van der Waals surface area contributed by atoms with Crippen molar-refractivity contribution in [3.05, 3.63) is 116 Å². The first-order chi connectivity index (χ1) is 20.2. The number of nitrogens with zero attached hydrogens (tertiary/aromatic N) is 1. The molecule has 0 fully saturated rings. The van der Waals surface area contributed by atoms with Gasteiger partial charge in [-0.15, -0.1) is 0 Å². The summed E-state index contributed by atoms with van der Waals surface area (Å²) in [5.41, 5.74) is 4.70. The summed E-state index contributed by atoms with van der Waals surface area (Å²) in [7, 11) is 1.49. The first kappa shape index (κ1) is 31.0. The lowest BCUT2D eigenvalue weighted by molar-refractivity contribution is -0.118. The first-order valence-electron chi connectivity index (χ1n) is 12.3. The van der Waals surface area contributed by atoms with Crippen LogP contribution in [-0.4, -0.2) is 31.7 Å². The van der Waals surface area contributed by atoms with Gasteiger partial charge in [0.15, 0.2) is 23.9 Å². The second kappa shape index (κ2) is 14.8. The lowest BCUT2D eigenvalue weighted by atomic mass is 10.2. The molecule has 0 saturated heterocycles. The van der Waals surface area contributed by atoms with Crippen LogP contribution in [-0.2, 0) is 11.4 Å². The Labute approximate surface area is 262 Å². The maximum absolute atomic E-state index is 12.7. The predicted octanol–water partition coefficient (Wildman–Crippen LogP) is 7.67. The third-order valence-electron chi connectivity index (χ3n) is 5.61. The minimum atomic E-state index is -0.468. The molecule has 0 bridgehead atoms. The van der Waals surface area contributed by atoms with Crippen LogP contribution in [0.1, 0.15) is 21.5 Å². The summed E-state index contributed by atoms with van der Waals surface area (Å²) in [6, 6.07) is 22.2. The van der Waals surface area contributed by atoms with Crippen LogP contribution in [0.2, 0.25) is 20.1 Å². The van der Waals surface area contributed by atoms with E-state index in [1.54, 1.807) is 30.3 Å². The van der Waals surface area contributed by atoms with Crippen LogP contribution >= 0.6 is 46.4 Å². The van der Waals surface area contributed by atoms with E-state index < -0.39 is 11.8 Å². The fourth-order valence-corrected chi connectivity index (χ4v) is 4.51. The molecule has 4 rings (SSSR count). The third-order valence-corrected chi connectivity index (χ3v) is 6.91. The summed E-state index contributed by atoms with van der Waals surface area (Å²) in [5, 5.41) is 7.58. The average molecular weight is 647 g/mol. The number of hydrogen-bond donors (Lipinski definition) is 2. The van der Waals surface area contributed by atoms with Crippen molar-refractivity contribution < 1.29 is 23.8 Å². The van der Waals surface area contributed by atoms with Gasteiger partial charge >= 0.3 is 0 Å². The van der Waals surface area contributed by atoms with Gasteiger partial charge in [0, 0.05) is 11.3 Å². The van der Waals surface area contributed by atoms with E-state index in [2.05, 4.69) is 15.8 Å². The van der Waals surface area contributed by atoms with E-state index in [1.807, 2.05) is 30.3 Å². The highest BCUT2D eigenvalue weighted by Gasteiger charge is 2.14. The Hall–Kier alpha value is -3.95. The van der Waals surface area contributed by atoms with Crippen LogP contribution in [0.15, 0.2) is 84.0 Å². The van der Waals surface area contributed by atoms with E-state index >= 15 is 0 Å². The monoisotopic (exact) mass is 645 g/mol. The molecule has 42 heavy (non-hydrogen) atoms. The number of anilines is 1.